The van der Waals surface area contributed by atoms with E-state index in [0.29, 0.717) is 5.89 Å². The topological polar surface area (TPSA) is 105 Å². The fourth-order valence-electron chi connectivity index (χ4n) is 2.36. The molecule has 1 heterocycles. The molecule has 8 nitrogen and oxygen atoms in total. The van der Waals surface area contributed by atoms with Crippen molar-refractivity contribution in [1.82, 2.24) is 14.5 Å². The van der Waals surface area contributed by atoms with Crippen LogP contribution in [0.15, 0.2) is 62.7 Å². The summed E-state index contributed by atoms with van der Waals surface area (Å²) < 4.78 is 30.8. The van der Waals surface area contributed by atoms with Gasteiger partial charge in [-0.1, -0.05) is 17.2 Å². The predicted octanol–water partition coefficient (Wildman–Crippen LogP) is 2.96. The summed E-state index contributed by atoms with van der Waals surface area (Å²) in [4.78, 5) is 13.4. The molecule has 0 aliphatic carbocycles. The molecule has 0 saturated heterocycles. The molecular formula is C18H18N4O4S2. The third-order valence-corrected chi connectivity index (χ3v) is 6.50. The summed E-state index contributed by atoms with van der Waals surface area (Å²) in [6, 6.07) is 13.1. The third kappa shape index (κ3) is 4.08. The Kier molecular flexibility index (Phi) is 5.82. The molecule has 28 heavy (non-hydrogen) atoms. The lowest BCUT2D eigenvalue weighted by atomic mass is 10.2. The van der Waals surface area contributed by atoms with Crippen molar-refractivity contribution in [3.8, 4) is 11.5 Å². The summed E-state index contributed by atoms with van der Waals surface area (Å²) >= 11 is 1.55. The summed E-state index contributed by atoms with van der Waals surface area (Å²) in [5, 5.41) is 10.4. The van der Waals surface area contributed by atoms with Crippen LogP contribution in [0.1, 0.15) is 10.4 Å². The molecule has 0 radical (unpaired) electrons. The molecule has 0 atom stereocenters. The molecule has 0 unspecified atom stereocenters. The van der Waals surface area contributed by atoms with Gasteiger partial charge in [0.2, 0.25) is 10.0 Å². The van der Waals surface area contributed by atoms with Crippen molar-refractivity contribution in [2.45, 2.75) is 9.79 Å². The largest absolute Gasteiger partial charge is 0.403 e. The molecule has 0 saturated carbocycles. The molecule has 0 aliphatic rings. The van der Waals surface area contributed by atoms with Crippen LogP contribution in [0.3, 0.4) is 0 Å². The predicted molar refractivity (Wildman–Crippen MR) is 107 cm³/mol. The van der Waals surface area contributed by atoms with Gasteiger partial charge in [-0.15, -0.1) is 16.9 Å². The van der Waals surface area contributed by atoms with Gasteiger partial charge in [0.25, 0.3) is 11.8 Å². The SMILES string of the molecule is CSc1ccccc1-c1nnc(NC(=O)c2ccc(S(=O)(=O)N(C)C)cc2)o1. The smallest absolute Gasteiger partial charge is 0.322 e. The highest BCUT2D eigenvalue weighted by Crippen LogP contribution is 2.29. The van der Waals surface area contributed by atoms with Crippen molar-refractivity contribution in [2.24, 2.45) is 0 Å². The minimum atomic E-state index is -3.55. The van der Waals surface area contributed by atoms with Gasteiger partial charge in [-0.3, -0.25) is 10.1 Å². The van der Waals surface area contributed by atoms with Crippen LogP contribution in [0, 0.1) is 0 Å². The maximum Gasteiger partial charge on any atom is 0.322 e. The summed E-state index contributed by atoms with van der Waals surface area (Å²) in [6.07, 6.45) is 1.94. The molecule has 1 amide bonds. The second-order valence-corrected chi connectivity index (χ2v) is 8.88. The van der Waals surface area contributed by atoms with E-state index < -0.39 is 15.9 Å². The fourth-order valence-corrected chi connectivity index (χ4v) is 3.85. The zero-order valence-electron chi connectivity index (χ0n) is 15.4. The van der Waals surface area contributed by atoms with Gasteiger partial charge in [0, 0.05) is 24.6 Å². The first-order valence-electron chi connectivity index (χ1n) is 8.14. The normalized spacial score (nSPS) is 11.6. The molecule has 0 spiro atoms. The van der Waals surface area contributed by atoms with Gasteiger partial charge in [0.15, 0.2) is 0 Å². The number of aromatic nitrogens is 2. The maximum absolute atomic E-state index is 12.4. The molecule has 146 valence electrons. The van der Waals surface area contributed by atoms with Crippen molar-refractivity contribution >= 4 is 33.7 Å². The fraction of sp³-hybridized carbons (Fsp3) is 0.167. The van der Waals surface area contributed by atoms with Gasteiger partial charge in [0.05, 0.1) is 10.5 Å². The summed E-state index contributed by atoms with van der Waals surface area (Å²) in [5.74, 6) is -0.185. The van der Waals surface area contributed by atoms with Gasteiger partial charge < -0.3 is 4.42 Å². The Balaban J connectivity index is 1.76. The number of nitrogens with one attached hydrogen (secondary N) is 1. The highest BCUT2D eigenvalue weighted by Gasteiger charge is 2.18. The van der Waals surface area contributed by atoms with E-state index >= 15 is 0 Å². The Morgan fingerprint density at radius 3 is 2.39 bits per heavy atom. The molecule has 3 aromatic rings. The zero-order valence-corrected chi connectivity index (χ0v) is 17.0. The highest BCUT2D eigenvalue weighted by atomic mass is 32.2. The van der Waals surface area contributed by atoms with Gasteiger partial charge >= 0.3 is 6.01 Å². The van der Waals surface area contributed by atoms with E-state index in [2.05, 4.69) is 15.5 Å². The summed E-state index contributed by atoms with van der Waals surface area (Å²) in [7, 11) is -0.668. The Bertz CT molecular complexity index is 1090. The van der Waals surface area contributed by atoms with E-state index in [-0.39, 0.29) is 16.5 Å². The molecule has 0 aliphatic heterocycles. The molecule has 1 aromatic heterocycles. The van der Waals surface area contributed by atoms with Crippen molar-refractivity contribution in [1.29, 1.82) is 0 Å². The van der Waals surface area contributed by atoms with Crippen LogP contribution in [0.5, 0.6) is 0 Å². The number of benzene rings is 2. The Hall–Kier alpha value is -2.69. The van der Waals surface area contributed by atoms with E-state index in [4.69, 9.17) is 4.42 Å². The first kappa shape index (κ1) is 20.1. The molecule has 3 rings (SSSR count). The second kappa shape index (κ2) is 8.13. The molecule has 0 bridgehead atoms. The Morgan fingerprint density at radius 2 is 1.75 bits per heavy atom. The number of thioether (sulfide) groups is 1. The lowest BCUT2D eigenvalue weighted by Crippen LogP contribution is -2.22. The third-order valence-electron chi connectivity index (χ3n) is 3.88. The van der Waals surface area contributed by atoms with Gasteiger partial charge in [-0.05, 0) is 42.7 Å². The quantitative estimate of drug-likeness (QED) is 0.614. The monoisotopic (exact) mass is 418 g/mol. The van der Waals surface area contributed by atoms with Crippen LogP contribution >= 0.6 is 11.8 Å². The number of carbonyl (C=O) groups excluding carboxylic acids is 1. The maximum atomic E-state index is 12.4. The van der Waals surface area contributed by atoms with Gasteiger partial charge in [-0.2, -0.15) is 0 Å². The van der Waals surface area contributed by atoms with Crippen molar-refractivity contribution in [2.75, 3.05) is 25.7 Å². The number of sulfonamides is 1. The van der Waals surface area contributed by atoms with Crippen molar-refractivity contribution in [3.63, 3.8) is 0 Å². The highest BCUT2D eigenvalue weighted by molar-refractivity contribution is 7.98. The number of carbonyl (C=O) groups is 1. The number of nitrogens with zero attached hydrogens (tertiary/aromatic N) is 3. The lowest BCUT2D eigenvalue weighted by molar-refractivity contribution is 0.102. The number of anilines is 1. The van der Waals surface area contributed by atoms with Crippen molar-refractivity contribution < 1.29 is 17.6 Å². The van der Waals surface area contributed by atoms with Crippen molar-refractivity contribution in [3.05, 3.63) is 54.1 Å². The molecular weight excluding hydrogens is 400 g/mol. The molecule has 0 fully saturated rings. The van der Waals surface area contributed by atoms with E-state index in [0.717, 1.165) is 14.8 Å². The second-order valence-electron chi connectivity index (χ2n) is 5.88. The Morgan fingerprint density at radius 1 is 1.07 bits per heavy atom. The molecule has 1 N–H and O–H groups in total. The van der Waals surface area contributed by atoms with Gasteiger partial charge in [-0.25, -0.2) is 12.7 Å². The summed E-state index contributed by atoms with van der Waals surface area (Å²) in [6.45, 7) is 0. The zero-order chi connectivity index (χ0) is 20.3. The summed E-state index contributed by atoms with van der Waals surface area (Å²) in [5.41, 5.74) is 1.04. The van der Waals surface area contributed by atoms with E-state index in [1.807, 2.05) is 30.5 Å². The number of hydrogen-bond acceptors (Lipinski definition) is 7. The lowest BCUT2D eigenvalue weighted by Gasteiger charge is -2.11. The number of hydrogen-bond donors (Lipinski definition) is 1. The molecule has 10 heteroatoms. The van der Waals surface area contributed by atoms with Crippen LogP contribution in [-0.2, 0) is 10.0 Å². The van der Waals surface area contributed by atoms with Crippen LogP contribution in [0.4, 0.5) is 6.01 Å². The average Bonchev–Trinajstić information content (AvgIpc) is 3.16. The first-order valence-corrected chi connectivity index (χ1v) is 10.8. The first-order chi connectivity index (χ1) is 13.3. The van der Waals surface area contributed by atoms with Crippen LogP contribution in [0.25, 0.3) is 11.5 Å². The minimum Gasteiger partial charge on any atom is -0.403 e. The van der Waals surface area contributed by atoms with E-state index in [1.54, 1.807) is 11.8 Å². The van der Waals surface area contributed by atoms with Crippen LogP contribution in [0.2, 0.25) is 0 Å². The molecule has 2 aromatic carbocycles. The standard InChI is InChI=1S/C18H18N4O4S2/c1-22(2)28(24,25)13-10-8-12(9-11-13)16(23)19-18-21-20-17(26-18)14-6-4-5-7-15(14)27-3/h4-11H,1-3H3,(H,19,21,23). The Labute approximate surface area is 167 Å². The minimum absolute atomic E-state index is 0.0408. The van der Waals surface area contributed by atoms with E-state index in [9.17, 15) is 13.2 Å². The van der Waals surface area contributed by atoms with Crippen LogP contribution < -0.4 is 5.32 Å². The number of amides is 1. The number of rotatable bonds is 6. The van der Waals surface area contributed by atoms with E-state index in [1.165, 1.54) is 38.4 Å². The van der Waals surface area contributed by atoms with Crippen LogP contribution in [-0.4, -0.2) is 49.2 Å². The average molecular weight is 419 g/mol. The van der Waals surface area contributed by atoms with Gasteiger partial charge in [0.1, 0.15) is 0 Å².